The number of piperazine rings is 1. The average molecular weight is 618 g/mol. The van der Waals surface area contributed by atoms with Crippen LogP contribution in [0.15, 0.2) is 58.9 Å². The van der Waals surface area contributed by atoms with Crippen molar-refractivity contribution in [2.24, 2.45) is 0 Å². The molecule has 3 aliphatic rings. The maximum Gasteiger partial charge on any atom is 0.355 e. The van der Waals surface area contributed by atoms with Crippen LogP contribution in [0, 0.1) is 5.82 Å². The summed E-state index contributed by atoms with van der Waals surface area (Å²) < 4.78 is 17.0. The minimum atomic E-state index is -0.509. The van der Waals surface area contributed by atoms with Crippen LogP contribution in [0.25, 0.3) is 28.0 Å². The molecule has 3 aromatic heterocycles. The van der Waals surface area contributed by atoms with Crippen LogP contribution in [-0.2, 0) is 4.79 Å². The Balaban J connectivity index is 1.53. The van der Waals surface area contributed by atoms with Gasteiger partial charge < -0.3 is 15.1 Å². The standard InChI is InChI=1S/C31H29ClFN7O2S/c1-4-24(41)38-11-12-39(22-15-21(22)38)29-17-14-18(32)27-25-19(33)6-5-7-20(25)34-10-13-43-23-8-9-35-26(16(2)3)28(23)40(30(17)36-27)31(42)37-29/h4-9,14,16,21-22,34H,1,10-13,15H2,2-3H3/t21-,22+/m1/s1. The van der Waals surface area contributed by atoms with Gasteiger partial charge in [-0.3, -0.25) is 9.78 Å². The molecule has 220 valence electrons. The Morgan fingerprint density at radius 1 is 1.23 bits per heavy atom. The van der Waals surface area contributed by atoms with Crippen LogP contribution in [0.2, 0.25) is 5.02 Å². The van der Waals surface area contributed by atoms with Crippen LogP contribution < -0.4 is 15.9 Å². The van der Waals surface area contributed by atoms with Crippen molar-refractivity contribution in [2.75, 3.05) is 35.6 Å². The maximum absolute atomic E-state index is 15.5. The second-order valence-electron chi connectivity index (χ2n) is 11.2. The second-order valence-corrected chi connectivity index (χ2v) is 12.7. The molecular weight excluding hydrogens is 589 g/mol. The Hall–Kier alpha value is -3.96. The summed E-state index contributed by atoms with van der Waals surface area (Å²) in [5.74, 6) is 0.530. The number of rotatable bonds is 3. The van der Waals surface area contributed by atoms with Gasteiger partial charge in [-0.2, -0.15) is 4.98 Å². The predicted octanol–water partition coefficient (Wildman–Crippen LogP) is 5.25. The first kappa shape index (κ1) is 27.8. The van der Waals surface area contributed by atoms with Gasteiger partial charge in [-0.05, 0) is 42.7 Å². The Bertz CT molecular complexity index is 1880. The molecule has 1 aliphatic carbocycles. The fourth-order valence-electron chi connectivity index (χ4n) is 6.22. The lowest BCUT2D eigenvalue weighted by molar-refractivity contribution is -0.126. The number of carbonyl (C=O) groups is 1. The van der Waals surface area contributed by atoms with Gasteiger partial charge in [0.25, 0.3) is 0 Å². The average Bonchev–Trinajstić information content (AvgIpc) is 3.79. The molecule has 0 radical (unpaired) electrons. The molecule has 1 amide bonds. The summed E-state index contributed by atoms with van der Waals surface area (Å²) in [6.07, 6.45) is 3.85. The van der Waals surface area contributed by atoms with E-state index in [2.05, 4.69) is 26.8 Å². The van der Waals surface area contributed by atoms with Crippen LogP contribution in [0.4, 0.5) is 15.9 Å². The molecular formula is C31H29ClFN7O2S. The molecule has 1 N–H and O–H groups in total. The SMILES string of the molecule is C=CC(=O)N1CCN(c2nc(=O)n3c4nc(c(Cl)cc24)-c2c(F)cccc2NCCSc2ccnc(C(C)C)c2-3)[C@H]2C[C@H]21. The zero-order valence-electron chi connectivity index (χ0n) is 23.7. The van der Waals surface area contributed by atoms with E-state index in [0.29, 0.717) is 53.6 Å². The van der Waals surface area contributed by atoms with Crippen molar-refractivity contribution in [1.82, 2.24) is 24.4 Å². The van der Waals surface area contributed by atoms with Crippen LogP contribution in [-0.4, -0.2) is 67.8 Å². The van der Waals surface area contributed by atoms with Crippen LogP contribution in [0.5, 0.6) is 0 Å². The molecule has 43 heavy (non-hydrogen) atoms. The maximum atomic E-state index is 15.5. The Morgan fingerprint density at radius 2 is 2.07 bits per heavy atom. The monoisotopic (exact) mass is 617 g/mol. The Labute approximate surface area is 256 Å². The van der Waals surface area contributed by atoms with Gasteiger partial charge in [-0.25, -0.2) is 18.7 Å². The number of nitrogens with one attached hydrogen (secondary N) is 1. The summed E-state index contributed by atoms with van der Waals surface area (Å²) in [6, 6.07) is 8.47. The second kappa shape index (κ2) is 10.6. The first-order chi connectivity index (χ1) is 20.8. The molecule has 1 saturated carbocycles. The lowest BCUT2D eigenvalue weighted by atomic mass is 10.1. The number of anilines is 2. The topological polar surface area (TPSA) is 96.3 Å². The van der Waals surface area contributed by atoms with Crippen molar-refractivity contribution in [1.29, 1.82) is 0 Å². The summed E-state index contributed by atoms with van der Waals surface area (Å²) >= 11 is 8.50. The van der Waals surface area contributed by atoms with E-state index in [1.165, 1.54) is 16.7 Å². The number of amides is 1. The number of hydrogen-bond acceptors (Lipinski definition) is 8. The highest BCUT2D eigenvalue weighted by molar-refractivity contribution is 7.99. The largest absolute Gasteiger partial charge is 0.384 e. The van der Waals surface area contributed by atoms with E-state index in [4.69, 9.17) is 16.6 Å². The highest BCUT2D eigenvalue weighted by Crippen LogP contribution is 2.43. The van der Waals surface area contributed by atoms with Gasteiger partial charge in [0, 0.05) is 42.2 Å². The first-order valence-electron chi connectivity index (χ1n) is 14.3. The molecule has 7 rings (SSSR count). The number of thioether (sulfide) groups is 1. The van der Waals surface area contributed by atoms with E-state index in [1.807, 2.05) is 24.8 Å². The van der Waals surface area contributed by atoms with Crippen LogP contribution >= 0.6 is 23.4 Å². The normalized spacial score (nSPS) is 19.2. The molecule has 2 bridgehead atoms. The van der Waals surface area contributed by atoms with Crippen LogP contribution in [0.3, 0.4) is 0 Å². The van der Waals surface area contributed by atoms with Crippen molar-refractivity contribution < 1.29 is 9.18 Å². The van der Waals surface area contributed by atoms with Gasteiger partial charge in [-0.1, -0.05) is 38.1 Å². The van der Waals surface area contributed by atoms with E-state index < -0.39 is 11.5 Å². The third kappa shape index (κ3) is 4.56. The molecule has 12 heteroatoms. The number of halogens is 2. The number of hydrogen-bond donors (Lipinski definition) is 1. The number of pyridine rings is 2. The number of aromatic nitrogens is 4. The van der Waals surface area contributed by atoms with E-state index in [1.54, 1.807) is 36.2 Å². The molecule has 1 aromatic carbocycles. The van der Waals surface area contributed by atoms with Gasteiger partial charge in [-0.15, -0.1) is 11.8 Å². The van der Waals surface area contributed by atoms with Gasteiger partial charge in [0.05, 0.1) is 45.1 Å². The van der Waals surface area contributed by atoms with E-state index in [9.17, 15) is 9.59 Å². The van der Waals surface area contributed by atoms with E-state index >= 15 is 4.39 Å². The fraction of sp³-hybridized carbons (Fsp3) is 0.323. The number of carbonyl (C=O) groups excluding carboxylic acids is 1. The van der Waals surface area contributed by atoms with Gasteiger partial charge in [0.2, 0.25) is 5.91 Å². The highest BCUT2D eigenvalue weighted by Gasteiger charge is 2.51. The molecule has 4 aromatic rings. The van der Waals surface area contributed by atoms with Gasteiger partial charge in [0.15, 0.2) is 5.65 Å². The van der Waals surface area contributed by atoms with Crippen molar-refractivity contribution in [2.45, 2.75) is 43.2 Å². The molecule has 0 unspecified atom stereocenters. The smallest absolute Gasteiger partial charge is 0.355 e. The van der Waals surface area contributed by atoms with Gasteiger partial charge >= 0.3 is 5.69 Å². The summed E-state index contributed by atoms with van der Waals surface area (Å²) in [6.45, 7) is 9.19. The summed E-state index contributed by atoms with van der Waals surface area (Å²) in [5, 5.41) is 4.16. The third-order valence-electron chi connectivity index (χ3n) is 8.25. The van der Waals surface area contributed by atoms with Crippen molar-refractivity contribution in [3.63, 3.8) is 0 Å². The minimum absolute atomic E-state index is 0.00385. The number of fused-ring (bicyclic) bond motifs is 6. The lowest BCUT2D eigenvalue weighted by Crippen LogP contribution is -2.49. The Kier molecular flexibility index (Phi) is 6.89. The molecule has 2 aliphatic heterocycles. The number of benzene rings is 1. The fourth-order valence-corrected chi connectivity index (χ4v) is 7.37. The van der Waals surface area contributed by atoms with Gasteiger partial charge in [0.1, 0.15) is 11.6 Å². The zero-order valence-corrected chi connectivity index (χ0v) is 25.3. The highest BCUT2D eigenvalue weighted by atomic mass is 35.5. The lowest BCUT2D eigenvalue weighted by Gasteiger charge is -2.35. The zero-order chi connectivity index (χ0) is 30.0. The first-order valence-corrected chi connectivity index (χ1v) is 15.6. The van der Waals surface area contributed by atoms with Crippen LogP contribution in [0.1, 0.15) is 31.9 Å². The summed E-state index contributed by atoms with van der Waals surface area (Å²) in [5.41, 5.74) is 2.21. The predicted molar refractivity (Wildman–Crippen MR) is 168 cm³/mol. The Morgan fingerprint density at radius 3 is 2.86 bits per heavy atom. The molecule has 5 heterocycles. The molecule has 1 saturated heterocycles. The quantitative estimate of drug-likeness (QED) is 0.312. The van der Waals surface area contributed by atoms with Crippen molar-refractivity contribution in [3.05, 3.63) is 76.2 Å². The number of nitrogens with zero attached hydrogens (tertiary/aromatic N) is 6. The molecule has 2 fully saturated rings. The third-order valence-corrected chi connectivity index (χ3v) is 9.59. The molecule has 0 spiro atoms. The van der Waals surface area contributed by atoms with Crippen molar-refractivity contribution >= 4 is 51.8 Å². The molecule has 9 nitrogen and oxygen atoms in total. The van der Waals surface area contributed by atoms with E-state index in [-0.39, 0.29) is 40.2 Å². The summed E-state index contributed by atoms with van der Waals surface area (Å²) in [4.78, 5) is 45.7. The minimum Gasteiger partial charge on any atom is -0.384 e. The summed E-state index contributed by atoms with van der Waals surface area (Å²) in [7, 11) is 0. The molecule has 2 atom stereocenters. The van der Waals surface area contributed by atoms with E-state index in [0.717, 1.165) is 17.0 Å². The van der Waals surface area contributed by atoms with Crippen molar-refractivity contribution in [3.8, 4) is 16.9 Å².